The summed E-state index contributed by atoms with van der Waals surface area (Å²) in [4.78, 5) is 10.8. The molecule has 0 aliphatic rings. The lowest BCUT2D eigenvalue weighted by Gasteiger charge is -2.12. The molecule has 2 rings (SSSR count). The zero-order chi connectivity index (χ0) is 14.5. The van der Waals surface area contributed by atoms with E-state index in [9.17, 15) is 9.18 Å². The van der Waals surface area contributed by atoms with Gasteiger partial charge in [-0.2, -0.15) is 0 Å². The summed E-state index contributed by atoms with van der Waals surface area (Å²) in [5.41, 5.74) is 2.19. The normalized spacial score (nSPS) is 10.2. The number of carbonyl (C=O) groups excluding carboxylic acids is 1. The molecule has 4 heteroatoms. The smallest absolute Gasteiger partial charge is 0.162 e. The van der Waals surface area contributed by atoms with Crippen LogP contribution in [-0.4, -0.2) is 13.4 Å². The Morgan fingerprint density at radius 2 is 1.95 bits per heavy atom. The second kappa shape index (κ2) is 6.19. The van der Waals surface area contributed by atoms with E-state index >= 15 is 0 Å². The first-order valence-electron chi connectivity index (χ1n) is 6.15. The van der Waals surface area contributed by atoms with Crippen LogP contribution < -0.4 is 9.47 Å². The summed E-state index contributed by atoms with van der Waals surface area (Å²) in [7, 11) is 1.52. The molecular formula is C16H15FO3. The average molecular weight is 274 g/mol. The van der Waals surface area contributed by atoms with E-state index in [1.807, 2.05) is 6.92 Å². The van der Waals surface area contributed by atoms with E-state index in [1.165, 1.54) is 19.2 Å². The van der Waals surface area contributed by atoms with Crippen LogP contribution >= 0.6 is 0 Å². The lowest BCUT2D eigenvalue weighted by atomic mass is 10.1. The molecule has 0 aliphatic heterocycles. The number of ether oxygens (including phenoxy) is 2. The van der Waals surface area contributed by atoms with Gasteiger partial charge in [0.25, 0.3) is 0 Å². The fourth-order valence-corrected chi connectivity index (χ4v) is 1.83. The minimum Gasteiger partial charge on any atom is -0.493 e. The zero-order valence-electron chi connectivity index (χ0n) is 11.4. The molecule has 0 bridgehead atoms. The van der Waals surface area contributed by atoms with Crippen molar-refractivity contribution in [3.05, 3.63) is 58.9 Å². The van der Waals surface area contributed by atoms with Crippen molar-refractivity contribution in [3.8, 4) is 11.5 Å². The fourth-order valence-electron chi connectivity index (χ4n) is 1.83. The highest BCUT2D eigenvalue weighted by atomic mass is 19.1. The molecule has 0 amide bonds. The van der Waals surface area contributed by atoms with Crippen LogP contribution in [0.25, 0.3) is 0 Å². The van der Waals surface area contributed by atoms with Crippen molar-refractivity contribution in [2.24, 2.45) is 0 Å². The summed E-state index contributed by atoms with van der Waals surface area (Å²) in [5, 5.41) is 0. The molecule has 0 radical (unpaired) electrons. The van der Waals surface area contributed by atoms with E-state index in [0.29, 0.717) is 17.1 Å². The fraction of sp³-hybridized carbons (Fsp3) is 0.188. The molecule has 0 heterocycles. The van der Waals surface area contributed by atoms with Crippen LogP contribution in [0.5, 0.6) is 11.5 Å². The van der Waals surface area contributed by atoms with Crippen molar-refractivity contribution in [1.82, 2.24) is 0 Å². The third-order valence-electron chi connectivity index (χ3n) is 3.02. The SMILES string of the molecule is COc1ccc(C=O)cc1OCc1cc(F)ccc1C. The maximum Gasteiger partial charge on any atom is 0.162 e. The Bertz CT molecular complexity index is 623. The van der Waals surface area contributed by atoms with Gasteiger partial charge in [0.2, 0.25) is 0 Å². The van der Waals surface area contributed by atoms with E-state index in [2.05, 4.69) is 0 Å². The lowest BCUT2D eigenvalue weighted by molar-refractivity contribution is 0.112. The van der Waals surface area contributed by atoms with Crippen molar-refractivity contribution < 1.29 is 18.7 Å². The maximum absolute atomic E-state index is 13.2. The number of hydrogen-bond donors (Lipinski definition) is 0. The summed E-state index contributed by atoms with van der Waals surface area (Å²) in [5.74, 6) is 0.688. The molecule has 20 heavy (non-hydrogen) atoms. The number of rotatable bonds is 5. The lowest BCUT2D eigenvalue weighted by Crippen LogP contribution is -2.01. The highest BCUT2D eigenvalue weighted by Gasteiger charge is 2.07. The molecular weight excluding hydrogens is 259 g/mol. The second-order valence-electron chi connectivity index (χ2n) is 4.39. The molecule has 0 saturated carbocycles. The van der Waals surface area contributed by atoms with Crippen molar-refractivity contribution in [2.75, 3.05) is 7.11 Å². The third-order valence-corrected chi connectivity index (χ3v) is 3.02. The number of carbonyl (C=O) groups is 1. The van der Waals surface area contributed by atoms with Crippen LogP contribution in [0.2, 0.25) is 0 Å². The number of aldehydes is 1. The standard InChI is InChI=1S/C16H15FO3/c1-11-3-5-14(17)8-13(11)10-20-16-7-12(9-18)4-6-15(16)19-2/h3-9H,10H2,1-2H3. The van der Waals surface area contributed by atoms with Gasteiger partial charge in [0.1, 0.15) is 18.7 Å². The number of benzene rings is 2. The maximum atomic E-state index is 13.2. The molecule has 0 aliphatic carbocycles. The average Bonchev–Trinajstić information content (AvgIpc) is 2.47. The van der Waals surface area contributed by atoms with Gasteiger partial charge in [-0.3, -0.25) is 4.79 Å². The Hall–Kier alpha value is -2.36. The monoisotopic (exact) mass is 274 g/mol. The van der Waals surface area contributed by atoms with Gasteiger partial charge in [0.05, 0.1) is 7.11 Å². The Labute approximate surface area is 117 Å². The highest BCUT2D eigenvalue weighted by Crippen LogP contribution is 2.28. The van der Waals surface area contributed by atoms with Crippen LogP contribution in [0.3, 0.4) is 0 Å². The molecule has 3 nitrogen and oxygen atoms in total. The van der Waals surface area contributed by atoms with Gasteiger partial charge in [-0.1, -0.05) is 6.07 Å². The van der Waals surface area contributed by atoms with Crippen molar-refractivity contribution >= 4 is 6.29 Å². The van der Waals surface area contributed by atoms with Crippen molar-refractivity contribution in [2.45, 2.75) is 13.5 Å². The predicted octanol–water partition coefficient (Wildman–Crippen LogP) is 3.53. The Balaban J connectivity index is 2.21. The van der Waals surface area contributed by atoms with Gasteiger partial charge in [-0.25, -0.2) is 4.39 Å². The van der Waals surface area contributed by atoms with Crippen molar-refractivity contribution in [3.63, 3.8) is 0 Å². The van der Waals surface area contributed by atoms with Gasteiger partial charge in [0.15, 0.2) is 11.5 Å². The molecule has 2 aromatic rings. The van der Waals surface area contributed by atoms with Gasteiger partial charge in [-0.05, 0) is 48.4 Å². The van der Waals surface area contributed by atoms with E-state index in [0.717, 1.165) is 17.4 Å². The van der Waals surface area contributed by atoms with Crippen LogP contribution in [0.1, 0.15) is 21.5 Å². The molecule has 0 fully saturated rings. The van der Waals surface area contributed by atoms with Crippen LogP contribution in [-0.2, 0) is 6.61 Å². The summed E-state index contributed by atoms with van der Waals surface area (Å²) < 4.78 is 24.0. The Morgan fingerprint density at radius 3 is 2.65 bits per heavy atom. The minimum atomic E-state index is -0.303. The first-order chi connectivity index (χ1) is 9.63. The molecule has 0 N–H and O–H groups in total. The number of hydrogen-bond acceptors (Lipinski definition) is 3. The Kier molecular flexibility index (Phi) is 4.35. The first-order valence-corrected chi connectivity index (χ1v) is 6.15. The molecule has 0 atom stereocenters. The number of methoxy groups -OCH3 is 1. The van der Waals surface area contributed by atoms with Crippen molar-refractivity contribution in [1.29, 1.82) is 0 Å². The predicted molar refractivity (Wildman–Crippen MR) is 73.9 cm³/mol. The quantitative estimate of drug-likeness (QED) is 0.782. The molecule has 0 spiro atoms. The highest BCUT2D eigenvalue weighted by molar-refractivity contribution is 5.76. The summed E-state index contributed by atoms with van der Waals surface area (Å²) in [6.45, 7) is 2.10. The van der Waals surface area contributed by atoms with E-state index in [4.69, 9.17) is 9.47 Å². The van der Waals surface area contributed by atoms with Crippen LogP contribution in [0.4, 0.5) is 4.39 Å². The van der Waals surface area contributed by atoms with E-state index in [1.54, 1.807) is 24.3 Å². The third kappa shape index (κ3) is 3.15. The van der Waals surface area contributed by atoms with Gasteiger partial charge in [-0.15, -0.1) is 0 Å². The molecule has 0 saturated heterocycles. The first kappa shape index (κ1) is 14.1. The largest absolute Gasteiger partial charge is 0.493 e. The number of halogens is 1. The minimum absolute atomic E-state index is 0.211. The van der Waals surface area contributed by atoms with Crippen LogP contribution in [0, 0.1) is 12.7 Å². The summed E-state index contributed by atoms with van der Waals surface area (Å²) in [6, 6.07) is 9.45. The summed E-state index contributed by atoms with van der Waals surface area (Å²) >= 11 is 0. The van der Waals surface area contributed by atoms with Gasteiger partial charge in [0, 0.05) is 5.56 Å². The Morgan fingerprint density at radius 1 is 1.15 bits per heavy atom. The van der Waals surface area contributed by atoms with E-state index < -0.39 is 0 Å². The zero-order valence-corrected chi connectivity index (χ0v) is 11.4. The van der Waals surface area contributed by atoms with Gasteiger partial charge < -0.3 is 9.47 Å². The molecule has 0 aromatic heterocycles. The molecule has 2 aromatic carbocycles. The molecule has 104 valence electrons. The van der Waals surface area contributed by atoms with Gasteiger partial charge >= 0.3 is 0 Å². The van der Waals surface area contributed by atoms with E-state index in [-0.39, 0.29) is 12.4 Å². The molecule has 0 unspecified atom stereocenters. The second-order valence-corrected chi connectivity index (χ2v) is 4.39. The number of aryl methyl sites for hydroxylation is 1. The summed E-state index contributed by atoms with van der Waals surface area (Å²) in [6.07, 6.45) is 0.736. The topological polar surface area (TPSA) is 35.5 Å². The van der Waals surface area contributed by atoms with Crippen LogP contribution in [0.15, 0.2) is 36.4 Å².